The van der Waals surface area contributed by atoms with E-state index >= 15 is 0 Å². The molecule has 1 aliphatic rings. The molecular weight excluding hydrogens is 216 g/mol. The van der Waals surface area contributed by atoms with Crippen LogP contribution in [0, 0.1) is 0 Å². The minimum absolute atomic E-state index is 0.112. The third kappa shape index (κ3) is 3.41. The van der Waals surface area contributed by atoms with Crippen LogP contribution < -0.4 is 10.5 Å². The van der Waals surface area contributed by atoms with E-state index in [4.69, 9.17) is 15.2 Å². The molecule has 1 aliphatic carbocycles. The smallest absolute Gasteiger partial charge is 0.213 e. The van der Waals surface area contributed by atoms with Crippen LogP contribution in [-0.4, -0.2) is 24.2 Å². The zero-order chi connectivity index (χ0) is 12.1. The molecule has 0 bridgehead atoms. The monoisotopic (exact) mass is 236 g/mol. The molecule has 2 rings (SSSR count). The van der Waals surface area contributed by atoms with Crippen molar-refractivity contribution < 1.29 is 9.47 Å². The first kappa shape index (κ1) is 12.3. The summed E-state index contributed by atoms with van der Waals surface area (Å²) in [4.78, 5) is 4.29. The van der Waals surface area contributed by atoms with E-state index in [2.05, 4.69) is 4.98 Å². The zero-order valence-corrected chi connectivity index (χ0v) is 10.3. The lowest BCUT2D eigenvalue weighted by Gasteiger charge is -2.22. The highest BCUT2D eigenvalue weighted by molar-refractivity contribution is 5.15. The van der Waals surface area contributed by atoms with Gasteiger partial charge in [0, 0.05) is 11.6 Å². The number of nitrogens with zero attached hydrogens (tertiary/aromatic N) is 1. The van der Waals surface area contributed by atoms with Gasteiger partial charge in [-0.3, -0.25) is 0 Å². The number of aromatic nitrogens is 1. The molecular formula is C13H20N2O2. The molecule has 0 atom stereocenters. The summed E-state index contributed by atoms with van der Waals surface area (Å²) >= 11 is 0. The number of nitrogens with two attached hydrogens (primary N) is 1. The highest BCUT2D eigenvalue weighted by Gasteiger charge is 2.29. The average molecular weight is 236 g/mol. The van der Waals surface area contributed by atoms with Crippen LogP contribution in [0.15, 0.2) is 18.2 Å². The maximum Gasteiger partial charge on any atom is 0.213 e. The van der Waals surface area contributed by atoms with Crippen LogP contribution in [0.25, 0.3) is 0 Å². The molecule has 1 aromatic heterocycles. The van der Waals surface area contributed by atoms with E-state index in [9.17, 15) is 0 Å². The Hall–Kier alpha value is -1.13. The Bertz CT molecular complexity index is 362. The van der Waals surface area contributed by atoms with Crippen LogP contribution in [0.4, 0.5) is 0 Å². The number of rotatable bonds is 5. The zero-order valence-electron chi connectivity index (χ0n) is 10.3. The van der Waals surface area contributed by atoms with Gasteiger partial charge in [-0.1, -0.05) is 18.9 Å². The number of pyridine rings is 1. The second-order valence-corrected chi connectivity index (χ2v) is 4.73. The van der Waals surface area contributed by atoms with Gasteiger partial charge < -0.3 is 15.2 Å². The second-order valence-electron chi connectivity index (χ2n) is 4.73. The molecule has 4 nitrogen and oxygen atoms in total. The Morgan fingerprint density at radius 3 is 2.82 bits per heavy atom. The van der Waals surface area contributed by atoms with Gasteiger partial charge in [0.05, 0.1) is 26.0 Å². The summed E-state index contributed by atoms with van der Waals surface area (Å²) in [5.41, 5.74) is 6.98. The van der Waals surface area contributed by atoms with E-state index in [-0.39, 0.29) is 5.54 Å². The summed E-state index contributed by atoms with van der Waals surface area (Å²) < 4.78 is 10.7. The fourth-order valence-electron chi connectivity index (χ4n) is 2.23. The SMILES string of the molecule is COc1cccc(COCC2(N)CCCC2)n1. The lowest BCUT2D eigenvalue weighted by Crippen LogP contribution is -2.41. The summed E-state index contributed by atoms with van der Waals surface area (Å²) in [5, 5.41) is 0. The van der Waals surface area contributed by atoms with Crippen LogP contribution in [-0.2, 0) is 11.3 Å². The van der Waals surface area contributed by atoms with E-state index in [1.54, 1.807) is 7.11 Å². The van der Waals surface area contributed by atoms with Gasteiger partial charge in [-0.25, -0.2) is 4.98 Å². The van der Waals surface area contributed by atoms with Gasteiger partial charge in [0.2, 0.25) is 5.88 Å². The van der Waals surface area contributed by atoms with Crippen LogP contribution in [0.5, 0.6) is 5.88 Å². The Labute approximate surface area is 102 Å². The lowest BCUT2D eigenvalue weighted by molar-refractivity contribution is 0.0729. The van der Waals surface area contributed by atoms with Gasteiger partial charge in [-0.2, -0.15) is 0 Å². The van der Waals surface area contributed by atoms with E-state index in [0.29, 0.717) is 19.1 Å². The predicted octanol–water partition coefficient (Wildman–Crippen LogP) is 1.88. The van der Waals surface area contributed by atoms with Gasteiger partial charge in [-0.05, 0) is 18.9 Å². The van der Waals surface area contributed by atoms with Crippen molar-refractivity contribution >= 4 is 0 Å². The molecule has 0 saturated heterocycles. The minimum atomic E-state index is -0.112. The van der Waals surface area contributed by atoms with Gasteiger partial charge in [0.25, 0.3) is 0 Å². The maximum atomic E-state index is 6.21. The standard InChI is InChI=1S/C13H20N2O2/c1-16-12-6-4-5-11(15-12)9-17-10-13(14)7-2-3-8-13/h4-6H,2-3,7-10,14H2,1H3. The number of hydrogen-bond donors (Lipinski definition) is 1. The van der Waals surface area contributed by atoms with Gasteiger partial charge >= 0.3 is 0 Å². The van der Waals surface area contributed by atoms with E-state index in [1.165, 1.54) is 12.8 Å². The highest BCUT2D eigenvalue weighted by Crippen LogP contribution is 2.27. The molecule has 0 amide bonds. The van der Waals surface area contributed by atoms with Crippen LogP contribution in [0.1, 0.15) is 31.4 Å². The molecule has 1 fully saturated rings. The van der Waals surface area contributed by atoms with Crippen LogP contribution >= 0.6 is 0 Å². The molecule has 2 N–H and O–H groups in total. The molecule has 0 aliphatic heterocycles. The van der Waals surface area contributed by atoms with Gasteiger partial charge in [-0.15, -0.1) is 0 Å². The van der Waals surface area contributed by atoms with Crippen molar-refractivity contribution in [3.63, 3.8) is 0 Å². The summed E-state index contributed by atoms with van der Waals surface area (Å²) in [7, 11) is 1.61. The normalized spacial score (nSPS) is 18.2. The van der Waals surface area contributed by atoms with Gasteiger partial charge in [0.1, 0.15) is 0 Å². The largest absolute Gasteiger partial charge is 0.481 e. The Balaban J connectivity index is 1.81. The molecule has 0 spiro atoms. The van der Waals surface area contributed by atoms with E-state index < -0.39 is 0 Å². The van der Waals surface area contributed by atoms with E-state index in [0.717, 1.165) is 18.5 Å². The first-order valence-electron chi connectivity index (χ1n) is 6.08. The minimum Gasteiger partial charge on any atom is -0.481 e. The quantitative estimate of drug-likeness (QED) is 0.848. The van der Waals surface area contributed by atoms with Crippen molar-refractivity contribution in [1.82, 2.24) is 4.98 Å². The maximum absolute atomic E-state index is 6.21. The van der Waals surface area contributed by atoms with Crippen LogP contribution in [0.3, 0.4) is 0 Å². The summed E-state index contributed by atoms with van der Waals surface area (Å²) in [5.74, 6) is 0.620. The van der Waals surface area contributed by atoms with Crippen molar-refractivity contribution in [3.05, 3.63) is 23.9 Å². The Morgan fingerprint density at radius 1 is 1.35 bits per heavy atom. The topological polar surface area (TPSA) is 57.4 Å². The summed E-state index contributed by atoms with van der Waals surface area (Å²) in [6.07, 6.45) is 4.58. The van der Waals surface area contributed by atoms with Crippen molar-refractivity contribution in [2.24, 2.45) is 5.73 Å². The molecule has 0 radical (unpaired) electrons. The summed E-state index contributed by atoms with van der Waals surface area (Å²) in [6, 6.07) is 5.67. The second kappa shape index (κ2) is 5.47. The predicted molar refractivity (Wildman–Crippen MR) is 65.8 cm³/mol. The lowest BCUT2D eigenvalue weighted by atomic mass is 10.0. The Kier molecular flexibility index (Phi) is 3.97. The molecule has 94 valence electrons. The number of hydrogen-bond acceptors (Lipinski definition) is 4. The molecule has 0 aromatic carbocycles. The average Bonchev–Trinajstić information content (AvgIpc) is 2.77. The van der Waals surface area contributed by atoms with Gasteiger partial charge in [0.15, 0.2) is 0 Å². The molecule has 1 saturated carbocycles. The molecule has 4 heteroatoms. The molecule has 17 heavy (non-hydrogen) atoms. The third-order valence-corrected chi connectivity index (χ3v) is 3.23. The first-order chi connectivity index (χ1) is 8.22. The van der Waals surface area contributed by atoms with Crippen molar-refractivity contribution in [1.29, 1.82) is 0 Å². The van der Waals surface area contributed by atoms with Crippen molar-refractivity contribution in [3.8, 4) is 5.88 Å². The van der Waals surface area contributed by atoms with Crippen molar-refractivity contribution in [2.75, 3.05) is 13.7 Å². The number of ether oxygens (including phenoxy) is 2. The molecule has 1 heterocycles. The summed E-state index contributed by atoms with van der Waals surface area (Å²) in [6.45, 7) is 1.11. The number of methoxy groups -OCH3 is 1. The van der Waals surface area contributed by atoms with Crippen LogP contribution in [0.2, 0.25) is 0 Å². The first-order valence-corrected chi connectivity index (χ1v) is 6.08. The van der Waals surface area contributed by atoms with E-state index in [1.807, 2.05) is 18.2 Å². The third-order valence-electron chi connectivity index (χ3n) is 3.23. The highest BCUT2D eigenvalue weighted by atomic mass is 16.5. The Morgan fingerprint density at radius 2 is 2.12 bits per heavy atom. The molecule has 1 aromatic rings. The fourth-order valence-corrected chi connectivity index (χ4v) is 2.23. The fraction of sp³-hybridized carbons (Fsp3) is 0.615. The molecule has 0 unspecified atom stereocenters. The van der Waals surface area contributed by atoms with Crippen molar-refractivity contribution in [2.45, 2.75) is 37.8 Å².